The first-order valence-corrected chi connectivity index (χ1v) is 9.47. The van der Waals surface area contributed by atoms with Gasteiger partial charge in [0, 0.05) is 5.56 Å². The maximum atomic E-state index is 12.3. The molecule has 0 saturated carbocycles. The van der Waals surface area contributed by atoms with Gasteiger partial charge in [-0.1, -0.05) is 48.6 Å². The molecule has 0 spiro atoms. The van der Waals surface area contributed by atoms with Crippen LogP contribution in [0.1, 0.15) is 20.3 Å². The fourth-order valence-corrected chi connectivity index (χ4v) is 3.53. The van der Waals surface area contributed by atoms with Gasteiger partial charge in [-0.05, 0) is 13.3 Å². The van der Waals surface area contributed by atoms with Crippen molar-refractivity contribution in [1.29, 1.82) is 0 Å². The molecular formula is C16H19N3O3S2. The zero-order valence-electron chi connectivity index (χ0n) is 13.5. The van der Waals surface area contributed by atoms with Crippen molar-refractivity contribution < 1.29 is 14.3 Å². The fraction of sp³-hybridized carbons (Fsp3) is 0.375. The number of ether oxygens (including phenoxy) is 1. The third-order valence-corrected chi connectivity index (χ3v) is 5.29. The zero-order valence-corrected chi connectivity index (χ0v) is 15.2. The van der Waals surface area contributed by atoms with Crippen molar-refractivity contribution in [1.82, 2.24) is 10.2 Å². The normalized spacial score (nSPS) is 11.8. The Kier molecular flexibility index (Phi) is 7.20. The van der Waals surface area contributed by atoms with Crippen molar-refractivity contribution in [2.24, 2.45) is 0 Å². The summed E-state index contributed by atoms with van der Waals surface area (Å²) in [6, 6.07) is 9.66. The van der Waals surface area contributed by atoms with E-state index in [1.54, 1.807) is 6.92 Å². The third-order valence-electron chi connectivity index (χ3n) is 3.05. The monoisotopic (exact) mass is 365 g/mol. The molecule has 0 radical (unpaired) electrons. The molecule has 1 N–H and O–H groups in total. The molecule has 0 bridgehead atoms. The number of rotatable bonds is 8. The van der Waals surface area contributed by atoms with Crippen molar-refractivity contribution in [3.8, 4) is 10.6 Å². The van der Waals surface area contributed by atoms with E-state index in [0.717, 1.165) is 10.6 Å². The lowest BCUT2D eigenvalue weighted by Gasteiger charge is -2.12. The predicted molar refractivity (Wildman–Crippen MR) is 97.1 cm³/mol. The minimum atomic E-state index is -0.335. The summed E-state index contributed by atoms with van der Waals surface area (Å²) in [5.74, 6) is -0.330. The van der Waals surface area contributed by atoms with Gasteiger partial charge in [0.25, 0.3) is 0 Å². The maximum Gasteiger partial charge on any atom is 0.315 e. The Hall–Kier alpha value is -1.93. The molecule has 1 aromatic heterocycles. The van der Waals surface area contributed by atoms with E-state index in [-0.39, 0.29) is 22.9 Å². The number of esters is 1. The summed E-state index contributed by atoms with van der Waals surface area (Å²) >= 11 is 2.59. The lowest BCUT2D eigenvalue weighted by atomic mass is 10.2. The van der Waals surface area contributed by atoms with Crippen LogP contribution in [0.2, 0.25) is 0 Å². The molecule has 1 aromatic carbocycles. The van der Waals surface area contributed by atoms with Gasteiger partial charge in [-0.3, -0.25) is 14.9 Å². The van der Waals surface area contributed by atoms with Crippen LogP contribution in [0.5, 0.6) is 0 Å². The molecule has 128 valence electrons. The first-order valence-electron chi connectivity index (χ1n) is 7.61. The van der Waals surface area contributed by atoms with Crippen molar-refractivity contribution in [3.05, 3.63) is 30.3 Å². The molecule has 2 aromatic rings. The second-order valence-corrected chi connectivity index (χ2v) is 6.95. The van der Waals surface area contributed by atoms with Crippen LogP contribution in [0, 0.1) is 0 Å². The summed E-state index contributed by atoms with van der Waals surface area (Å²) in [4.78, 5) is 23.7. The van der Waals surface area contributed by atoms with Crippen LogP contribution in [0.4, 0.5) is 5.13 Å². The predicted octanol–water partition coefficient (Wildman–Crippen LogP) is 3.22. The SMILES string of the molecule is CCOC(=O)CS[C@H](CC)C(=O)Nc1nnc(-c2ccccc2)s1. The third kappa shape index (κ3) is 5.31. The Balaban J connectivity index is 1.93. The van der Waals surface area contributed by atoms with Crippen LogP contribution in [-0.2, 0) is 14.3 Å². The second kappa shape index (κ2) is 9.39. The zero-order chi connectivity index (χ0) is 17.4. The highest BCUT2D eigenvalue weighted by Gasteiger charge is 2.20. The van der Waals surface area contributed by atoms with Gasteiger partial charge in [-0.15, -0.1) is 22.0 Å². The summed E-state index contributed by atoms with van der Waals surface area (Å²) in [6.07, 6.45) is 0.611. The van der Waals surface area contributed by atoms with E-state index in [2.05, 4.69) is 15.5 Å². The van der Waals surface area contributed by atoms with E-state index in [9.17, 15) is 9.59 Å². The molecule has 24 heavy (non-hydrogen) atoms. The quantitative estimate of drug-likeness (QED) is 0.724. The van der Waals surface area contributed by atoms with Crippen LogP contribution < -0.4 is 5.32 Å². The fourth-order valence-electron chi connectivity index (χ4n) is 1.91. The lowest BCUT2D eigenvalue weighted by molar-refractivity contribution is -0.139. The highest BCUT2D eigenvalue weighted by atomic mass is 32.2. The number of carbonyl (C=O) groups is 2. The number of hydrogen-bond acceptors (Lipinski definition) is 7. The average Bonchev–Trinajstić information content (AvgIpc) is 3.05. The van der Waals surface area contributed by atoms with Crippen molar-refractivity contribution in [2.45, 2.75) is 25.5 Å². The minimum Gasteiger partial charge on any atom is -0.465 e. The van der Waals surface area contributed by atoms with Gasteiger partial charge in [-0.2, -0.15) is 0 Å². The van der Waals surface area contributed by atoms with E-state index in [4.69, 9.17) is 4.74 Å². The van der Waals surface area contributed by atoms with Gasteiger partial charge in [-0.25, -0.2) is 0 Å². The van der Waals surface area contributed by atoms with Gasteiger partial charge in [0.1, 0.15) is 5.01 Å². The van der Waals surface area contributed by atoms with E-state index in [0.29, 0.717) is 18.2 Å². The first-order chi connectivity index (χ1) is 11.6. The summed E-state index contributed by atoms with van der Waals surface area (Å²) < 4.78 is 4.88. The summed E-state index contributed by atoms with van der Waals surface area (Å²) in [5.41, 5.74) is 0.958. The van der Waals surface area contributed by atoms with Gasteiger partial charge in [0.05, 0.1) is 17.6 Å². The summed E-state index contributed by atoms with van der Waals surface area (Å²) in [7, 11) is 0. The smallest absolute Gasteiger partial charge is 0.315 e. The molecule has 0 saturated heterocycles. The topological polar surface area (TPSA) is 81.2 Å². The number of thioether (sulfide) groups is 1. The number of anilines is 1. The number of nitrogens with zero attached hydrogens (tertiary/aromatic N) is 2. The van der Waals surface area contributed by atoms with Gasteiger partial charge in [0.2, 0.25) is 11.0 Å². The largest absolute Gasteiger partial charge is 0.465 e. The van der Waals surface area contributed by atoms with Gasteiger partial charge in [0.15, 0.2) is 0 Å². The number of aromatic nitrogens is 2. The van der Waals surface area contributed by atoms with E-state index >= 15 is 0 Å². The van der Waals surface area contributed by atoms with Crippen molar-refractivity contribution in [2.75, 3.05) is 17.7 Å². The number of benzene rings is 1. The molecule has 1 atom stereocenters. The molecule has 0 unspecified atom stereocenters. The van der Waals surface area contributed by atoms with Crippen LogP contribution in [0.3, 0.4) is 0 Å². The van der Waals surface area contributed by atoms with Crippen LogP contribution in [0.15, 0.2) is 30.3 Å². The molecule has 0 aliphatic rings. The maximum absolute atomic E-state index is 12.3. The van der Waals surface area contributed by atoms with E-state index < -0.39 is 0 Å². The summed E-state index contributed by atoms with van der Waals surface area (Å²) in [6.45, 7) is 4.00. The van der Waals surface area contributed by atoms with Crippen LogP contribution in [-0.4, -0.2) is 39.7 Å². The molecule has 0 aliphatic heterocycles. The van der Waals surface area contributed by atoms with Crippen LogP contribution >= 0.6 is 23.1 Å². The molecule has 1 amide bonds. The number of nitrogens with one attached hydrogen (secondary N) is 1. The Morgan fingerprint density at radius 3 is 2.67 bits per heavy atom. The number of amides is 1. The van der Waals surface area contributed by atoms with Gasteiger partial charge < -0.3 is 4.74 Å². The van der Waals surface area contributed by atoms with E-state index in [1.807, 2.05) is 37.3 Å². The first kappa shape index (κ1) is 18.4. The van der Waals surface area contributed by atoms with Gasteiger partial charge >= 0.3 is 5.97 Å². The molecule has 8 heteroatoms. The van der Waals surface area contributed by atoms with Crippen molar-refractivity contribution >= 4 is 40.1 Å². The summed E-state index contributed by atoms with van der Waals surface area (Å²) in [5, 5.41) is 11.7. The Morgan fingerprint density at radius 1 is 1.25 bits per heavy atom. The second-order valence-electron chi connectivity index (χ2n) is 4.78. The average molecular weight is 365 g/mol. The van der Waals surface area contributed by atoms with Crippen LogP contribution in [0.25, 0.3) is 10.6 Å². The molecular weight excluding hydrogens is 346 g/mol. The highest BCUT2D eigenvalue weighted by molar-refractivity contribution is 8.01. The standard InChI is InChI=1S/C16H19N3O3S2/c1-3-12(23-10-13(20)22-4-2)14(21)17-16-19-18-15(24-16)11-8-6-5-7-9-11/h5-9,12H,3-4,10H2,1-2H3,(H,17,19,21)/t12-/m1/s1. The Morgan fingerprint density at radius 2 is 2.00 bits per heavy atom. The lowest BCUT2D eigenvalue weighted by Crippen LogP contribution is -2.26. The minimum absolute atomic E-state index is 0.158. The molecule has 1 heterocycles. The molecule has 0 fully saturated rings. The highest BCUT2D eigenvalue weighted by Crippen LogP contribution is 2.26. The molecule has 2 rings (SSSR count). The molecule has 0 aliphatic carbocycles. The van der Waals surface area contributed by atoms with Crippen molar-refractivity contribution in [3.63, 3.8) is 0 Å². The Labute approximate surface area is 149 Å². The number of hydrogen-bond donors (Lipinski definition) is 1. The number of carbonyl (C=O) groups excluding carboxylic acids is 2. The molecule has 6 nitrogen and oxygen atoms in total. The Bertz CT molecular complexity index is 676. The van der Waals surface area contributed by atoms with E-state index in [1.165, 1.54) is 23.1 Å².